The second-order valence-electron chi connectivity index (χ2n) is 4.71. The minimum absolute atomic E-state index is 0.180. The number of hydrogen-bond acceptors (Lipinski definition) is 1. The van der Waals surface area contributed by atoms with Gasteiger partial charge in [0.2, 0.25) is 0 Å². The van der Waals surface area contributed by atoms with E-state index in [1.54, 1.807) is 11.8 Å². The normalized spacial score (nSPS) is 10.6. The molecule has 0 aromatic heterocycles. The smallest absolute Gasteiger partial charge is 0.131 e. The van der Waals surface area contributed by atoms with Crippen LogP contribution < -0.4 is 0 Å². The maximum absolute atomic E-state index is 14.0. The summed E-state index contributed by atoms with van der Waals surface area (Å²) < 4.78 is 14.0. The van der Waals surface area contributed by atoms with E-state index in [1.165, 1.54) is 11.6 Å². The molecule has 2 rings (SSSR count). The molecule has 0 aliphatic heterocycles. The highest BCUT2D eigenvalue weighted by Crippen LogP contribution is 2.29. The summed E-state index contributed by atoms with van der Waals surface area (Å²) in [6.45, 7) is 6.02. The maximum Gasteiger partial charge on any atom is 0.131 e. The van der Waals surface area contributed by atoms with Gasteiger partial charge in [-0.3, -0.25) is 0 Å². The van der Waals surface area contributed by atoms with Crippen molar-refractivity contribution in [1.29, 1.82) is 0 Å². The van der Waals surface area contributed by atoms with Crippen LogP contribution in [0.3, 0.4) is 0 Å². The predicted octanol–water partition coefficient (Wildman–Crippen LogP) is 5.81. The molecule has 0 unspecified atom stereocenters. The van der Waals surface area contributed by atoms with Gasteiger partial charge in [0, 0.05) is 10.5 Å². The molecule has 0 bridgehead atoms. The van der Waals surface area contributed by atoms with Crippen LogP contribution in [0.25, 0.3) is 17.2 Å². The van der Waals surface area contributed by atoms with Crippen LogP contribution in [0.15, 0.2) is 47.9 Å². The summed E-state index contributed by atoms with van der Waals surface area (Å²) >= 11 is 1.62. The Bertz CT molecular complexity index is 617. The fourth-order valence-electron chi connectivity index (χ4n) is 2.30. The molecular weight excluding hydrogens is 267 g/mol. The summed E-state index contributed by atoms with van der Waals surface area (Å²) in [5.41, 5.74) is 3.93. The number of aryl methyl sites for hydroxylation is 1. The van der Waals surface area contributed by atoms with Crippen LogP contribution in [0.2, 0.25) is 0 Å². The molecule has 0 N–H and O–H groups in total. The van der Waals surface area contributed by atoms with Gasteiger partial charge in [-0.1, -0.05) is 38.1 Å². The highest BCUT2D eigenvalue weighted by atomic mass is 32.2. The van der Waals surface area contributed by atoms with Crippen LogP contribution in [-0.4, -0.2) is 6.26 Å². The molecule has 0 nitrogen and oxygen atoms in total. The van der Waals surface area contributed by atoms with Gasteiger partial charge >= 0.3 is 0 Å². The second kappa shape index (κ2) is 6.76. The molecule has 2 aromatic carbocycles. The number of benzene rings is 2. The monoisotopic (exact) mass is 286 g/mol. The van der Waals surface area contributed by atoms with Gasteiger partial charge in [0.25, 0.3) is 0 Å². The van der Waals surface area contributed by atoms with E-state index in [9.17, 15) is 4.39 Å². The molecule has 0 fully saturated rings. The van der Waals surface area contributed by atoms with Crippen molar-refractivity contribution in [3.63, 3.8) is 0 Å². The van der Waals surface area contributed by atoms with Crippen molar-refractivity contribution in [2.24, 2.45) is 0 Å². The first-order chi connectivity index (χ1) is 9.69. The largest absolute Gasteiger partial charge is 0.206 e. The van der Waals surface area contributed by atoms with Crippen molar-refractivity contribution in [3.8, 4) is 11.1 Å². The Balaban J connectivity index is 2.50. The molecule has 0 radical (unpaired) electrons. The van der Waals surface area contributed by atoms with Gasteiger partial charge in [-0.15, -0.1) is 11.8 Å². The quantitative estimate of drug-likeness (QED) is 0.625. The van der Waals surface area contributed by atoms with Crippen LogP contribution in [0.1, 0.15) is 24.5 Å². The van der Waals surface area contributed by atoms with Crippen molar-refractivity contribution in [3.05, 3.63) is 59.9 Å². The Morgan fingerprint density at radius 3 is 2.65 bits per heavy atom. The summed E-state index contributed by atoms with van der Waals surface area (Å²) in [5.74, 6) is -0.180. The Hall–Kier alpha value is -1.54. The van der Waals surface area contributed by atoms with Gasteiger partial charge in [0.1, 0.15) is 5.82 Å². The zero-order valence-corrected chi connectivity index (χ0v) is 12.8. The maximum atomic E-state index is 14.0. The second-order valence-corrected chi connectivity index (χ2v) is 5.59. The molecule has 0 spiro atoms. The molecule has 0 heterocycles. The van der Waals surface area contributed by atoms with Crippen molar-refractivity contribution >= 4 is 17.8 Å². The summed E-state index contributed by atoms with van der Waals surface area (Å²) in [6, 6.07) is 11.4. The average Bonchev–Trinajstić information content (AvgIpc) is 2.48. The first-order valence-corrected chi connectivity index (χ1v) is 8.01. The van der Waals surface area contributed by atoms with Crippen LogP contribution in [0.5, 0.6) is 0 Å². The minimum atomic E-state index is -0.180. The third-order valence-electron chi connectivity index (χ3n) is 3.37. The standard InChI is InChI=1S/C18H19FS/c1-4-6-14-7-8-15(11-13(14)5-2)17-12-16(20-3)9-10-18(17)19/h5,7-12H,2,4,6H2,1,3H3. The van der Waals surface area contributed by atoms with Crippen LogP contribution in [-0.2, 0) is 6.42 Å². The lowest BCUT2D eigenvalue weighted by Gasteiger charge is -2.10. The number of halogens is 1. The molecule has 2 heteroatoms. The predicted molar refractivity (Wildman–Crippen MR) is 87.7 cm³/mol. The van der Waals surface area contributed by atoms with E-state index < -0.39 is 0 Å². The highest BCUT2D eigenvalue weighted by Gasteiger charge is 2.08. The third kappa shape index (κ3) is 3.13. The van der Waals surface area contributed by atoms with Gasteiger partial charge in [0.15, 0.2) is 0 Å². The van der Waals surface area contributed by atoms with Crippen molar-refractivity contribution in [2.75, 3.05) is 6.26 Å². The summed E-state index contributed by atoms with van der Waals surface area (Å²) in [5, 5.41) is 0. The van der Waals surface area contributed by atoms with Gasteiger partial charge < -0.3 is 0 Å². The van der Waals surface area contributed by atoms with Crippen molar-refractivity contribution in [1.82, 2.24) is 0 Å². The lowest BCUT2D eigenvalue weighted by atomic mass is 9.96. The molecule has 0 amide bonds. The van der Waals surface area contributed by atoms with Crippen LogP contribution in [0.4, 0.5) is 4.39 Å². The fourth-order valence-corrected chi connectivity index (χ4v) is 2.74. The number of rotatable bonds is 5. The van der Waals surface area contributed by atoms with E-state index >= 15 is 0 Å². The first-order valence-electron chi connectivity index (χ1n) is 6.79. The summed E-state index contributed by atoms with van der Waals surface area (Å²) in [7, 11) is 0. The van der Waals surface area contributed by atoms with Gasteiger partial charge in [-0.2, -0.15) is 0 Å². The van der Waals surface area contributed by atoms with E-state index in [1.807, 2.05) is 36.6 Å². The number of hydrogen-bond donors (Lipinski definition) is 0. The van der Waals surface area contributed by atoms with E-state index in [4.69, 9.17) is 0 Å². The molecule has 20 heavy (non-hydrogen) atoms. The lowest BCUT2D eigenvalue weighted by Crippen LogP contribution is -1.91. The van der Waals surface area contributed by atoms with Crippen LogP contribution in [0, 0.1) is 5.82 Å². The summed E-state index contributed by atoms with van der Waals surface area (Å²) in [4.78, 5) is 1.07. The molecule has 0 saturated carbocycles. The van der Waals surface area contributed by atoms with E-state index in [2.05, 4.69) is 19.6 Å². The molecule has 0 aliphatic carbocycles. The Morgan fingerprint density at radius 2 is 2.00 bits per heavy atom. The van der Waals surface area contributed by atoms with E-state index in [0.29, 0.717) is 5.56 Å². The van der Waals surface area contributed by atoms with Gasteiger partial charge in [-0.05, 0) is 53.6 Å². The van der Waals surface area contributed by atoms with E-state index in [0.717, 1.165) is 28.9 Å². The Kier molecular flexibility index (Phi) is 5.02. The highest BCUT2D eigenvalue weighted by molar-refractivity contribution is 7.98. The average molecular weight is 286 g/mol. The van der Waals surface area contributed by atoms with E-state index in [-0.39, 0.29) is 5.82 Å². The molecule has 2 aromatic rings. The third-order valence-corrected chi connectivity index (χ3v) is 4.09. The molecule has 0 aliphatic rings. The molecule has 104 valence electrons. The first kappa shape index (κ1) is 14.9. The minimum Gasteiger partial charge on any atom is -0.206 e. The zero-order valence-electron chi connectivity index (χ0n) is 11.9. The van der Waals surface area contributed by atoms with Crippen LogP contribution >= 0.6 is 11.8 Å². The SMILES string of the molecule is C=Cc1cc(-c2cc(SC)ccc2F)ccc1CCC. The van der Waals surface area contributed by atoms with Gasteiger partial charge in [-0.25, -0.2) is 4.39 Å². The zero-order chi connectivity index (χ0) is 14.5. The van der Waals surface area contributed by atoms with Crippen molar-refractivity contribution < 1.29 is 4.39 Å². The Labute approximate surface area is 124 Å². The Morgan fingerprint density at radius 1 is 1.20 bits per heavy atom. The topological polar surface area (TPSA) is 0 Å². The fraction of sp³-hybridized carbons (Fsp3) is 0.222. The summed E-state index contributed by atoms with van der Waals surface area (Å²) in [6.07, 6.45) is 5.97. The van der Waals surface area contributed by atoms with Gasteiger partial charge in [0.05, 0.1) is 0 Å². The number of thioether (sulfide) groups is 1. The molecule has 0 saturated heterocycles. The molecule has 0 atom stereocenters. The van der Waals surface area contributed by atoms with Crippen molar-refractivity contribution in [2.45, 2.75) is 24.7 Å². The molecular formula is C18H19FS. The lowest BCUT2D eigenvalue weighted by molar-refractivity contribution is 0.630.